The van der Waals surface area contributed by atoms with Crippen LogP contribution in [0.5, 0.6) is 5.75 Å². The molecule has 1 N–H and O–H groups in total. The molecule has 0 fully saturated rings. The Labute approximate surface area is 133 Å². The minimum atomic E-state index is 0. The van der Waals surface area contributed by atoms with Crippen LogP contribution in [0.15, 0.2) is 30.3 Å². The molecule has 126 valence electrons. The van der Waals surface area contributed by atoms with Gasteiger partial charge in [0.1, 0.15) is 12.4 Å². The van der Waals surface area contributed by atoms with Crippen LogP contribution in [0.25, 0.3) is 0 Å². The van der Waals surface area contributed by atoms with E-state index in [-0.39, 0.29) is 21.5 Å². The Bertz CT molecular complexity index is 270. The van der Waals surface area contributed by atoms with Crippen molar-refractivity contribution in [2.24, 2.45) is 5.92 Å². The molecule has 0 radical (unpaired) electrons. The van der Waals surface area contributed by atoms with E-state index in [0.29, 0.717) is 6.61 Å². The fourth-order valence-corrected chi connectivity index (χ4v) is 1.66. The van der Waals surface area contributed by atoms with Gasteiger partial charge >= 0.3 is 0 Å². The van der Waals surface area contributed by atoms with Gasteiger partial charge in [-0.2, -0.15) is 0 Å². The van der Waals surface area contributed by atoms with Crippen LogP contribution in [-0.4, -0.2) is 18.3 Å². The zero-order chi connectivity index (χ0) is 14.3. The first kappa shape index (κ1) is 25.0. The molecule has 2 heteroatoms. The van der Waals surface area contributed by atoms with E-state index in [1.807, 2.05) is 30.3 Å². The van der Waals surface area contributed by atoms with E-state index in [4.69, 9.17) is 9.84 Å². The third-order valence-electron chi connectivity index (χ3n) is 2.74. The quantitative estimate of drug-likeness (QED) is 0.601. The Morgan fingerprint density at radius 1 is 1.00 bits per heavy atom. The molecule has 0 saturated heterocycles. The van der Waals surface area contributed by atoms with Crippen LogP contribution in [0.2, 0.25) is 0 Å². The molecule has 0 aliphatic carbocycles. The maximum absolute atomic E-state index is 8.40. The Hall–Kier alpha value is -1.02. The van der Waals surface area contributed by atoms with Crippen molar-refractivity contribution in [1.29, 1.82) is 0 Å². The van der Waals surface area contributed by atoms with Crippen LogP contribution >= 0.6 is 0 Å². The van der Waals surface area contributed by atoms with E-state index >= 15 is 0 Å². The van der Waals surface area contributed by atoms with Crippen LogP contribution in [0.3, 0.4) is 0 Å². The van der Waals surface area contributed by atoms with Gasteiger partial charge in [0.15, 0.2) is 0 Å². The lowest BCUT2D eigenvalue weighted by atomic mass is 10.1. The lowest BCUT2D eigenvalue weighted by Gasteiger charge is -2.01. The summed E-state index contributed by atoms with van der Waals surface area (Å²) in [7, 11) is 0. The van der Waals surface area contributed by atoms with E-state index in [1.165, 1.54) is 32.1 Å². The van der Waals surface area contributed by atoms with Crippen molar-refractivity contribution >= 4 is 0 Å². The maximum atomic E-state index is 8.40. The van der Waals surface area contributed by atoms with Gasteiger partial charge in [-0.1, -0.05) is 85.9 Å². The van der Waals surface area contributed by atoms with E-state index in [0.717, 1.165) is 11.7 Å². The minimum absolute atomic E-state index is 0. The second-order valence-electron chi connectivity index (χ2n) is 5.13. The molecule has 0 aliphatic heterocycles. The zero-order valence-electron chi connectivity index (χ0n) is 12.8. The molecule has 21 heavy (non-hydrogen) atoms. The Morgan fingerprint density at radius 2 is 1.62 bits per heavy atom. The number of hydrogen-bond acceptors (Lipinski definition) is 2. The van der Waals surface area contributed by atoms with Crippen molar-refractivity contribution in [3.8, 4) is 5.75 Å². The molecule has 0 bridgehead atoms. The Kier molecular flexibility index (Phi) is 22.6. The Balaban J connectivity index is -0.000000284. The third-order valence-corrected chi connectivity index (χ3v) is 2.74. The normalized spacial score (nSPS) is 9.00. The average molecular weight is 299 g/mol. The molecular formula is C19H38O2. The number of hydrogen-bond donors (Lipinski definition) is 1. The number of benzene rings is 1. The molecule has 0 amide bonds. The molecule has 1 rings (SSSR count). The summed E-state index contributed by atoms with van der Waals surface area (Å²) in [5.74, 6) is 1.71. The van der Waals surface area contributed by atoms with Crippen molar-refractivity contribution in [1.82, 2.24) is 0 Å². The van der Waals surface area contributed by atoms with Gasteiger partial charge in [-0.15, -0.1) is 0 Å². The molecule has 1 aromatic carbocycles. The van der Waals surface area contributed by atoms with Gasteiger partial charge in [0.2, 0.25) is 0 Å². The van der Waals surface area contributed by atoms with Crippen LogP contribution in [0.4, 0.5) is 0 Å². The van der Waals surface area contributed by atoms with Gasteiger partial charge in [0.25, 0.3) is 0 Å². The lowest BCUT2D eigenvalue weighted by Crippen LogP contribution is -2.00. The molecule has 0 aromatic heterocycles. The molecule has 0 aliphatic rings. The van der Waals surface area contributed by atoms with Crippen molar-refractivity contribution in [2.75, 3.05) is 13.2 Å². The lowest BCUT2D eigenvalue weighted by molar-refractivity contribution is 0.201. The summed E-state index contributed by atoms with van der Waals surface area (Å²) in [6, 6.07) is 9.43. The summed E-state index contributed by atoms with van der Waals surface area (Å²) in [6.45, 7) is 7.28. The van der Waals surface area contributed by atoms with Crippen molar-refractivity contribution in [3.05, 3.63) is 30.3 Å². The minimum Gasteiger partial charge on any atom is -0.491 e. The number of aliphatic hydroxyl groups excluding tert-OH is 1. The van der Waals surface area contributed by atoms with E-state index in [9.17, 15) is 0 Å². The predicted octanol–water partition coefficient (Wildman–Crippen LogP) is 5.94. The Morgan fingerprint density at radius 3 is 2.10 bits per heavy atom. The van der Waals surface area contributed by atoms with Crippen LogP contribution < -0.4 is 4.74 Å². The largest absolute Gasteiger partial charge is 0.491 e. The SMILES string of the molecule is C.C.CCCCCCC(C)C.OCCOc1ccccc1. The number of para-hydroxylation sites is 1. The van der Waals surface area contributed by atoms with Gasteiger partial charge in [0, 0.05) is 0 Å². The molecule has 0 heterocycles. The number of rotatable bonds is 8. The summed E-state index contributed by atoms with van der Waals surface area (Å²) >= 11 is 0. The molecular weight excluding hydrogens is 260 g/mol. The van der Waals surface area contributed by atoms with Crippen molar-refractivity contribution in [3.63, 3.8) is 0 Å². The maximum Gasteiger partial charge on any atom is 0.119 e. The zero-order valence-corrected chi connectivity index (χ0v) is 12.8. The fourth-order valence-electron chi connectivity index (χ4n) is 1.66. The highest BCUT2D eigenvalue weighted by atomic mass is 16.5. The molecule has 0 saturated carbocycles. The first-order chi connectivity index (χ1) is 9.20. The third kappa shape index (κ3) is 19.0. The average Bonchev–Trinajstić information content (AvgIpc) is 2.43. The van der Waals surface area contributed by atoms with Gasteiger partial charge < -0.3 is 9.84 Å². The van der Waals surface area contributed by atoms with Gasteiger partial charge in [0.05, 0.1) is 6.61 Å². The van der Waals surface area contributed by atoms with Crippen molar-refractivity contribution < 1.29 is 9.84 Å². The number of ether oxygens (including phenoxy) is 1. The topological polar surface area (TPSA) is 29.5 Å². The molecule has 0 atom stereocenters. The van der Waals surface area contributed by atoms with Crippen LogP contribution in [0, 0.1) is 5.92 Å². The standard InChI is InChI=1S/C9H20.C8H10O2.2CH4/c1-4-5-6-7-8-9(2)3;9-6-7-10-8-4-2-1-3-5-8;;/h9H,4-8H2,1-3H3;1-5,9H,6-7H2;2*1H4. The van der Waals surface area contributed by atoms with Gasteiger partial charge in [-0.25, -0.2) is 0 Å². The summed E-state index contributed by atoms with van der Waals surface area (Å²) < 4.78 is 5.11. The number of aliphatic hydroxyl groups is 1. The molecule has 0 unspecified atom stereocenters. The van der Waals surface area contributed by atoms with E-state index < -0.39 is 0 Å². The smallest absolute Gasteiger partial charge is 0.119 e. The van der Waals surface area contributed by atoms with Gasteiger partial charge in [-0.05, 0) is 18.1 Å². The number of unbranched alkanes of at least 4 members (excludes halogenated alkanes) is 3. The highest BCUT2D eigenvalue weighted by Crippen LogP contribution is 2.08. The van der Waals surface area contributed by atoms with Crippen LogP contribution in [0.1, 0.15) is 67.7 Å². The van der Waals surface area contributed by atoms with Crippen LogP contribution in [-0.2, 0) is 0 Å². The monoisotopic (exact) mass is 298 g/mol. The highest BCUT2D eigenvalue weighted by Gasteiger charge is 1.92. The fraction of sp³-hybridized carbons (Fsp3) is 0.684. The van der Waals surface area contributed by atoms with E-state index in [2.05, 4.69) is 20.8 Å². The summed E-state index contributed by atoms with van der Waals surface area (Å²) in [4.78, 5) is 0. The predicted molar refractivity (Wildman–Crippen MR) is 96.1 cm³/mol. The first-order valence-electron chi connectivity index (χ1n) is 7.49. The second-order valence-corrected chi connectivity index (χ2v) is 5.13. The molecule has 2 nitrogen and oxygen atoms in total. The van der Waals surface area contributed by atoms with Gasteiger partial charge in [-0.3, -0.25) is 0 Å². The highest BCUT2D eigenvalue weighted by molar-refractivity contribution is 5.20. The summed E-state index contributed by atoms with van der Waals surface area (Å²) in [5.41, 5.74) is 0. The summed E-state index contributed by atoms with van der Waals surface area (Å²) in [5, 5.41) is 8.40. The van der Waals surface area contributed by atoms with Crippen molar-refractivity contribution in [2.45, 2.75) is 67.7 Å². The van der Waals surface area contributed by atoms with E-state index in [1.54, 1.807) is 0 Å². The summed E-state index contributed by atoms with van der Waals surface area (Å²) in [6.07, 6.45) is 7.07. The second kappa shape index (κ2) is 19.0. The molecule has 0 spiro atoms. The molecule has 1 aromatic rings. The first-order valence-corrected chi connectivity index (χ1v) is 7.49.